The van der Waals surface area contributed by atoms with Crippen LogP contribution in [0, 0.1) is 5.92 Å². The molecule has 0 amide bonds. The molecule has 1 aliphatic rings. The largest absolute Gasteiger partial charge is 0.488 e. The monoisotopic (exact) mass is 347 g/mol. The number of hydrogen-bond acceptors (Lipinski definition) is 4. The van der Waals surface area contributed by atoms with Crippen molar-refractivity contribution in [3.8, 4) is 5.75 Å². The van der Waals surface area contributed by atoms with Crippen molar-refractivity contribution in [2.75, 3.05) is 26.4 Å². The molecule has 1 aliphatic heterocycles. The van der Waals surface area contributed by atoms with E-state index in [4.69, 9.17) is 32.7 Å². The molecule has 1 aromatic carbocycles. The standard InChI is InChI=1S/C16H23Cl2NO3/c1-11(12-5-7-21-8-6-12)19-9-13(20)10-22-16-14(17)3-2-4-15(16)18/h2-4,11-13,19-20H,5-10H2,1H3. The minimum Gasteiger partial charge on any atom is -0.488 e. The highest BCUT2D eigenvalue weighted by molar-refractivity contribution is 6.37. The van der Waals surface area contributed by atoms with Crippen LogP contribution in [-0.2, 0) is 4.74 Å². The van der Waals surface area contributed by atoms with Gasteiger partial charge >= 0.3 is 0 Å². The third kappa shape index (κ3) is 5.28. The normalized spacial score (nSPS) is 18.9. The lowest BCUT2D eigenvalue weighted by molar-refractivity contribution is 0.0513. The van der Waals surface area contributed by atoms with E-state index in [2.05, 4.69) is 12.2 Å². The van der Waals surface area contributed by atoms with Gasteiger partial charge in [-0.05, 0) is 37.8 Å². The van der Waals surface area contributed by atoms with E-state index in [-0.39, 0.29) is 6.61 Å². The first kappa shape index (κ1) is 17.8. The van der Waals surface area contributed by atoms with Gasteiger partial charge in [-0.1, -0.05) is 29.3 Å². The smallest absolute Gasteiger partial charge is 0.156 e. The first-order chi connectivity index (χ1) is 10.6. The van der Waals surface area contributed by atoms with Gasteiger partial charge in [0.25, 0.3) is 0 Å². The van der Waals surface area contributed by atoms with E-state index in [1.165, 1.54) is 0 Å². The molecule has 2 unspecified atom stereocenters. The van der Waals surface area contributed by atoms with Crippen LogP contribution >= 0.6 is 23.2 Å². The summed E-state index contributed by atoms with van der Waals surface area (Å²) in [6, 6.07) is 5.52. The Balaban J connectivity index is 1.72. The fourth-order valence-corrected chi connectivity index (χ4v) is 3.07. The summed E-state index contributed by atoms with van der Waals surface area (Å²) >= 11 is 12.0. The summed E-state index contributed by atoms with van der Waals surface area (Å²) in [5.74, 6) is 1.02. The van der Waals surface area contributed by atoms with Crippen molar-refractivity contribution < 1.29 is 14.6 Å². The SMILES string of the molecule is CC(NCC(O)COc1c(Cl)cccc1Cl)C1CCOCC1. The molecule has 0 spiro atoms. The molecule has 1 saturated heterocycles. The molecule has 0 aromatic heterocycles. The molecule has 1 aromatic rings. The predicted octanol–water partition coefficient (Wildman–Crippen LogP) is 3.14. The van der Waals surface area contributed by atoms with Gasteiger partial charge in [0.1, 0.15) is 12.7 Å². The number of rotatable bonds is 7. The molecule has 0 bridgehead atoms. The second-order valence-electron chi connectivity index (χ2n) is 5.66. The highest BCUT2D eigenvalue weighted by atomic mass is 35.5. The molecule has 2 atom stereocenters. The van der Waals surface area contributed by atoms with Gasteiger partial charge in [-0.25, -0.2) is 0 Å². The highest BCUT2D eigenvalue weighted by Gasteiger charge is 2.21. The molecule has 0 aliphatic carbocycles. The van der Waals surface area contributed by atoms with Crippen LogP contribution in [-0.4, -0.2) is 43.6 Å². The van der Waals surface area contributed by atoms with Gasteiger partial charge in [0, 0.05) is 25.8 Å². The summed E-state index contributed by atoms with van der Waals surface area (Å²) in [6.45, 7) is 4.42. The van der Waals surface area contributed by atoms with Gasteiger partial charge in [-0.15, -0.1) is 0 Å². The third-order valence-electron chi connectivity index (χ3n) is 3.99. The van der Waals surface area contributed by atoms with Crippen LogP contribution in [0.25, 0.3) is 0 Å². The minimum atomic E-state index is -0.616. The number of para-hydroxylation sites is 1. The van der Waals surface area contributed by atoms with Crippen LogP contribution < -0.4 is 10.1 Å². The van der Waals surface area contributed by atoms with E-state index < -0.39 is 6.10 Å². The Morgan fingerprint density at radius 3 is 2.59 bits per heavy atom. The lowest BCUT2D eigenvalue weighted by atomic mass is 9.93. The molecule has 6 heteroatoms. The summed E-state index contributed by atoms with van der Waals surface area (Å²) < 4.78 is 10.9. The summed E-state index contributed by atoms with van der Waals surface area (Å²) in [6.07, 6.45) is 1.51. The fourth-order valence-electron chi connectivity index (χ4n) is 2.56. The van der Waals surface area contributed by atoms with Crippen molar-refractivity contribution in [1.82, 2.24) is 5.32 Å². The Kier molecular flexibility index (Phi) is 7.25. The summed E-state index contributed by atoms with van der Waals surface area (Å²) in [5, 5.41) is 14.3. The second-order valence-corrected chi connectivity index (χ2v) is 6.48. The molecule has 0 saturated carbocycles. The van der Waals surface area contributed by atoms with Crippen molar-refractivity contribution in [2.24, 2.45) is 5.92 Å². The van der Waals surface area contributed by atoms with Crippen LogP contribution in [0.1, 0.15) is 19.8 Å². The van der Waals surface area contributed by atoms with Crippen LogP contribution in [0.3, 0.4) is 0 Å². The predicted molar refractivity (Wildman–Crippen MR) is 89.0 cm³/mol. The van der Waals surface area contributed by atoms with Gasteiger partial charge in [0.15, 0.2) is 5.75 Å². The molecular formula is C16H23Cl2NO3. The van der Waals surface area contributed by atoms with Crippen LogP contribution in [0.4, 0.5) is 0 Å². The van der Waals surface area contributed by atoms with E-state index in [9.17, 15) is 5.11 Å². The van der Waals surface area contributed by atoms with Gasteiger partial charge < -0.3 is 19.9 Å². The van der Waals surface area contributed by atoms with E-state index in [0.29, 0.717) is 34.3 Å². The number of halogens is 2. The average Bonchev–Trinajstić information content (AvgIpc) is 2.53. The van der Waals surface area contributed by atoms with Crippen molar-refractivity contribution in [3.05, 3.63) is 28.2 Å². The number of benzene rings is 1. The topological polar surface area (TPSA) is 50.7 Å². The van der Waals surface area contributed by atoms with Crippen LogP contribution in [0.2, 0.25) is 10.0 Å². The van der Waals surface area contributed by atoms with E-state index in [1.54, 1.807) is 18.2 Å². The third-order valence-corrected chi connectivity index (χ3v) is 4.58. The Bertz CT molecular complexity index is 446. The first-order valence-electron chi connectivity index (χ1n) is 7.64. The zero-order chi connectivity index (χ0) is 15.9. The number of ether oxygens (including phenoxy) is 2. The Labute approximate surface area is 141 Å². The maximum absolute atomic E-state index is 10.0. The Hall–Kier alpha value is -0.520. The molecule has 0 radical (unpaired) electrons. The Morgan fingerprint density at radius 2 is 1.95 bits per heavy atom. The van der Waals surface area contributed by atoms with E-state index >= 15 is 0 Å². The highest BCUT2D eigenvalue weighted by Crippen LogP contribution is 2.32. The molecule has 2 N–H and O–H groups in total. The van der Waals surface area contributed by atoms with E-state index in [1.807, 2.05) is 0 Å². The second kappa shape index (κ2) is 8.94. The summed E-state index contributed by atoms with van der Waals surface area (Å²) in [5.41, 5.74) is 0. The number of aliphatic hydroxyl groups excluding tert-OH is 1. The average molecular weight is 348 g/mol. The van der Waals surface area contributed by atoms with Crippen molar-refractivity contribution in [1.29, 1.82) is 0 Å². The lowest BCUT2D eigenvalue weighted by Gasteiger charge is -2.29. The maximum Gasteiger partial charge on any atom is 0.156 e. The van der Waals surface area contributed by atoms with Gasteiger partial charge in [0.2, 0.25) is 0 Å². The number of hydrogen-bond donors (Lipinski definition) is 2. The minimum absolute atomic E-state index is 0.150. The molecule has 1 heterocycles. The van der Waals surface area contributed by atoms with Crippen molar-refractivity contribution >= 4 is 23.2 Å². The Morgan fingerprint density at radius 1 is 1.32 bits per heavy atom. The number of aliphatic hydroxyl groups is 1. The maximum atomic E-state index is 10.0. The molecule has 4 nitrogen and oxygen atoms in total. The lowest BCUT2D eigenvalue weighted by Crippen LogP contribution is -2.41. The van der Waals surface area contributed by atoms with Gasteiger partial charge in [-0.2, -0.15) is 0 Å². The quantitative estimate of drug-likeness (QED) is 0.795. The molecule has 2 rings (SSSR count). The van der Waals surface area contributed by atoms with E-state index in [0.717, 1.165) is 26.1 Å². The van der Waals surface area contributed by atoms with Crippen molar-refractivity contribution in [2.45, 2.75) is 31.9 Å². The summed E-state index contributed by atoms with van der Waals surface area (Å²) in [7, 11) is 0. The first-order valence-corrected chi connectivity index (χ1v) is 8.39. The van der Waals surface area contributed by atoms with Crippen LogP contribution in [0.5, 0.6) is 5.75 Å². The molecular weight excluding hydrogens is 325 g/mol. The molecule has 1 fully saturated rings. The zero-order valence-corrected chi connectivity index (χ0v) is 14.2. The molecule has 124 valence electrons. The van der Waals surface area contributed by atoms with Gasteiger partial charge in [-0.3, -0.25) is 0 Å². The van der Waals surface area contributed by atoms with Crippen molar-refractivity contribution in [3.63, 3.8) is 0 Å². The van der Waals surface area contributed by atoms with Gasteiger partial charge in [0.05, 0.1) is 10.0 Å². The number of nitrogens with one attached hydrogen (secondary N) is 1. The zero-order valence-electron chi connectivity index (χ0n) is 12.7. The van der Waals surface area contributed by atoms with Crippen LogP contribution in [0.15, 0.2) is 18.2 Å². The fraction of sp³-hybridized carbons (Fsp3) is 0.625. The molecule has 22 heavy (non-hydrogen) atoms. The summed E-state index contributed by atoms with van der Waals surface area (Å²) in [4.78, 5) is 0.